The number of aliphatic carboxylic acids is 1. The molecule has 112 valence electrons. The van der Waals surface area contributed by atoms with Gasteiger partial charge in [-0.3, -0.25) is 0 Å². The predicted octanol–water partition coefficient (Wildman–Crippen LogP) is -0.548. The summed E-state index contributed by atoms with van der Waals surface area (Å²) in [6.07, 6.45) is -0.380. The molecule has 1 aromatic heterocycles. The van der Waals surface area contributed by atoms with E-state index in [1.54, 1.807) is 0 Å². The van der Waals surface area contributed by atoms with Crippen LogP contribution in [0.4, 0.5) is 13.6 Å². The number of halogens is 2. The van der Waals surface area contributed by atoms with Crippen LogP contribution in [0.2, 0.25) is 0 Å². The van der Waals surface area contributed by atoms with Crippen molar-refractivity contribution in [3.63, 3.8) is 0 Å². The van der Waals surface area contributed by atoms with Gasteiger partial charge >= 0.3 is 12.1 Å². The van der Waals surface area contributed by atoms with Crippen LogP contribution in [-0.4, -0.2) is 52.2 Å². The number of fused-ring (bicyclic) bond motifs is 2. The number of oxazole rings is 1. The number of carboxylic acid groups (broad SMARTS) is 1. The summed E-state index contributed by atoms with van der Waals surface area (Å²) in [5.74, 6) is -2.46. The van der Waals surface area contributed by atoms with Crippen molar-refractivity contribution in [1.29, 1.82) is 0 Å². The molecule has 2 aliphatic rings. The average molecular weight is 300 g/mol. The molecule has 3 heterocycles. The summed E-state index contributed by atoms with van der Waals surface area (Å²) in [4.78, 5) is 31.3. The first-order valence-electron chi connectivity index (χ1n) is 5.85. The quantitative estimate of drug-likeness (QED) is 0.740. The Hall–Kier alpha value is -2.49. The Labute approximate surface area is 116 Å². The van der Waals surface area contributed by atoms with E-state index in [0.29, 0.717) is 10.6 Å². The fourth-order valence-corrected chi connectivity index (χ4v) is 2.19. The summed E-state index contributed by atoms with van der Waals surface area (Å²) in [7, 11) is 0. The molecule has 1 saturated heterocycles. The summed E-state index contributed by atoms with van der Waals surface area (Å²) < 4.78 is 31.2. The van der Waals surface area contributed by atoms with Gasteiger partial charge in [0.25, 0.3) is 0 Å². The second-order valence-electron chi connectivity index (χ2n) is 4.48. The molecule has 2 bridgehead atoms. The second-order valence-corrected chi connectivity index (χ2v) is 4.48. The van der Waals surface area contributed by atoms with E-state index in [1.165, 1.54) is 23.4 Å². The van der Waals surface area contributed by atoms with Gasteiger partial charge in [0.15, 0.2) is 0 Å². The van der Waals surface area contributed by atoms with Gasteiger partial charge in [-0.25, -0.2) is 9.78 Å². The van der Waals surface area contributed by atoms with Gasteiger partial charge in [0.2, 0.25) is 5.89 Å². The lowest BCUT2D eigenvalue weighted by molar-refractivity contribution is -0.392. The van der Waals surface area contributed by atoms with Crippen LogP contribution in [-0.2, 0) is 9.63 Å². The molecule has 2 aliphatic heterocycles. The van der Waals surface area contributed by atoms with Crippen LogP contribution >= 0.6 is 0 Å². The van der Waals surface area contributed by atoms with E-state index in [9.17, 15) is 23.5 Å². The number of aromatic nitrogens is 1. The monoisotopic (exact) mass is 300 g/mol. The Morgan fingerprint density at radius 3 is 2.95 bits per heavy atom. The number of nitrogens with zero attached hydrogens (tertiary/aromatic N) is 3. The first-order valence-corrected chi connectivity index (χ1v) is 5.85. The third kappa shape index (κ3) is 2.23. The van der Waals surface area contributed by atoms with Crippen molar-refractivity contribution < 1.29 is 32.7 Å². The minimum Gasteiger partial charge on any atom is -0.542 e. The van der Waals surface area contributed by atoms with E-state index in [0.717, 1.165) is 0 Å². The van der Waals surface area contributed by atoms with E-state index in [4.69, 9.17) is 4.42 Å². The minimum absolute atomic E-state index is 0.103. The Kier molecular flexibility index (Phi) is 2.90. The Morgan fingerprint density at radius 2 is 2.33 bits per heavy atom. The van der Waals surface area contributed by atoms with Gasteiger partial charge in [0, 0.05) is 12.1 Å². The van der Waals surface area contributed by atoms with Crippen LogP contribution < -0.4 is 5.11 Å². The molecule has 1 unspecified atom stereocenters. The molecule has 3 rings (SSSR count). The molecule has 0 aromatic carbocycles. The maximum Gasteiger partial charge on any atom is 0.417 e. The average Bonchev–Trinajstić information content (AvgIpc) is 3.03. The number of hydroxylamine groups is 2. The van der Waals surface area contributed by atoms with Crippen LogP contribution in [0.25, 0.3) is 5.57 Å². The molecule has 0 saturated carbocycles. The molecular weight excluding hydrogens is 292 g/mol. The molecule has 8 nitrogen and oxygen atoms in total. The van der Waals surface area contributed by atoms with Crippen LogP contribution in [0.15, 0.2) is 23.0 Å². The van der Waals surface area contributed by atoms with Gasteiger partial charge < -0.3 is 19.2 Å². The Balaban J connectivity index is 1.85. The fraction of sp³-hybridized carbons (Fsp3) is 0.364. The van der Waals surface area contributed by atoms with E-state index in [-0.39, 0.29) is 19.0 Å². The number of carboxylic acids is 1. The van der Waals surface area contributed by atoms with Crippen molar-refractivity contribution in [3.8, 4) is 0 Å². The highest BCUT2D eigenvalue weighted by molar-refractivity contribution is 5.82. The van der Waals surface area contributed by atoms with Crippen LogP contribution in [0.5, 0.6) is 0 Å². The lowest BCUT2D eigenvalue weighted by Gasteiger charge is -2.25. The molecule has 1 fully saturated rings. The van der Waals surface area contributed by atoms with Crippen molar-refractivity contribution in [1.82, 2.24) is 14.9 Å². The molecule has 1 aromatic rings. The first kappa shape index (κ1) is 13.5. The molecule has 21 heavy (non-hydrogen) atoms. The highest BCUT2D eigenvalue weighted by Crippen LogP contribution is 2.31. The molecule has 0 radical (unpaired) electrons. The Bertz CT molecular complexity index is 615. The molecule has 2 amide bonds. The number of amides is 2. The molecular formula is C11H8F2N3O5-. The van der Waals surface area contributed by atoms with Gasteiger partial charge in [0.1, 0.15) is 12.2 Å². The van der Waals surface area contributed by atoms with E-state index in [1.807, 2.05) is 0 Å². The number of hydrogen-bond donors (Lipinski definition) is 0. The molecule has 10 heteroatoms. The predicted molar refractivity (Wildman–Crippen MR) is 58.1 cm³/mol. The number of carbonyl (C=O) groups excluding carboxylic acids is 2. The van der Waals surface area contributed by atoms with E-state index in [2.05, 4.69) is 9.82 Å². The maximum absolute atomic E-state index is 13.1. The van der Waals surface area contributed by atoms with Crippen molar-refractivity contribution in [2.45, 2.75) is 12.2 Å². The molecule has 0 aliphatic carbocycles. The van der Waals surface area contributed by atoms with E-state index < -0.39 is 24.2 Å². The number of alkyl halides is 2. The number of carbonyl (C=O) groups is 2. The number of rotatable bonds is 4. The van der Waals surface area contributed by atoms with Crippen LogP contribution in [0.1, 0.15) is 5.89 Å². The molecule has 0 spiro atoms. The van der Waals surface area contributed by atoms with Gasteiger partial charge in [-0.05, 0) is 6.08 Å². The van der Waals surface area contributed by atoms with Crippen molar-refractivity contribution in [2.24, 2.45) is 0 Å². The van der Waals surface area contributed by atoms with Gasteiger partial charge in [-0.2, -0.15) is 18.7 Å². The van der Waals surface area contributed by atoms with Crippen molar-refractivity contribution >= 4 is 17.6 Å². The molecule has 1 atom stereocenters. The standard InChI is InChI=1S/C11H9F2N3O5/c12-11(13,9(17)18)21-16-7-3-6(8-14-1-2-20-8)4-15(5-7)10(16)19/h1-3,7H,4-5H2,(H,17,18)/p-1. The van der Waals surface area contributed by atoms with Crippen LogP contribution in [0, 0.1) is 0 Å². The van der Waals surface area contributed by atoms with Crippen LogP contribution in [0.3, 0.4) is 0 Å². The lowest BCUT2D eigenvalue weighted by atomic mass is 10.1. The topological polar surface area (TPSA) is 98.9 Å². The second kappa shape index (κ2) is 4.52. The third-order valence-electron chi connectivity index (χ3n) is 3.08. The van der Waals surface area contributed by atoms with Crippen molar-refractivity contribution in [2.75, 3.05) is 13.1 Å². The zero-order chi connectivity index (χ0) is 15.2. The minimum atomic E-state index is -4.59. The lowest BCUT2D eigenvalue weighted by Crippen LogP contribution is -2.49. The number of urea groups is 1. The fourth-order valence-electron chi connectivity index (χ4n) is 2.19. The smallest absolute Gasteiger partial charge is 0.417 e. The zero-order valence-electron chi connectivity index (χ0n) is 10.4. The largest absolute Gasteiger partial charge is 0.542 e. The van der Waals surface area contributed by atoms with E-state index >= 15 is 0 Å². The summed E-state index contributed by atoms with van der Waals surface area (Å²) in [5, 5.41) is 10.6. The number of hydrogen-bond acceptors (Lipinski definition) is 6. The first-order chi connectivity index (χ1) is 9.88. The van der Waals surface area contributed by atoms with Gasteiger partial charge in [-0.1, -0.05) is 0 Å². The summed E-state index contributed by atoms with van der Waals surface area (Å²) in [6, 6.07) is -1.72. The summed E-state index contributed by atoms with van der Waals surface area (Å²) >= 11 is 0. The summed E-state index contributed by atoms with van der Waals surface area (Å²) in [6.45, 7) is 0.207. The van der Waals surface area contributed by atoms with Gasteiger partial charge in [0.05, 0.1) is 18.8 Å². The zero-order valence-corrected chi connectivity index (χ0v) is 10.4. The van der Waals surface area contributed by atoms with Gasteiger partial charge in [-0.15, -0.1) is 0 Å². The normalized spacial score (nSPS) is 21.7. The summed E-state index contributed by atoms with van der Waals surface area (Å²) in [5.41, 5.74) is 0.521. The maximum atomic E-state index is 13.1. The highest BCUT2D eigenvalue weighted by Gasteiger charge is 2.47. The Morgan fingerprint density at radius 1 is 1.57 bits per heavy atom. The third-order valence-corrected chi connectivity index (χ3v) is 3.08. The SMILES string of the molecule is O=C1N2CC(c3ncco3)=CC(C2)N1OC(F)(F)C(=O)[O-]. The molecule has 0 N–H and O–H groups in total. The highest BCUT2D eigenvalue weighted by atomic mass is 19.3. The van der Waals surface area contributed by atoms with Crippen molar-refractivity contribution in [3.05, 3.63) is 24.4 Å².